The number of hydrogen-bond acceptors (Lipinski definition) is 5. The Labute approximate surface area is 121 Å². The highest BCUT2D eigenvalue weighted by Gasteiger charge is 2.33. The number of fused-ring (bicyclic) bond motifs is 2. The van der Waals surface area contributed by atoms with Crippen LogP contribution in [0.15, 0.2) is 36.4 Å². The Balaban J connectivity index is 2.28. The zero-order chi connectivity index (χ0) is 15.1. The predicted octanol–water partition coefficient (Wildman–Crippen LogP) is 1.37. The molecule has 0 saturated carbocycles. The van der Waals surface area contributed by atoms with Crippen molar-refractivity contribution in [1.82, 2.24) is 0 Å². The summed E-state index contributed by atoms with van der Waals surface area (Å²) in [5.74, 6) is -1.30. The molecule has 1 aliphatic rings. The molecule has 2 aromatic rings. The van der Waals surface area contributed by atoms with Gasteiger partial charge in [0.2, 0.25) is 0 Å². The van der Waals surface area contributed by atoms with Gasteiger partial charge in [-0.15, -0.1) is 0 Å². The van der Waals surface area contributed by atoms with Gasteiger partial charge in [0.15, 0.2) is 11.6 Å². The van der Waals surface area contributed by atoms with E-state index in [1.807, 2.05) is 0 Å². The average Bonchev–Trinajstić information content (AvgIpc) is 2.44. The standard InChI is InChI=1S/C14H9NO5S/c16-10-6-2-4-8-12(10)14(18)7-3-1-5-9(15-21(19)20)11(7)13(8)17/h1-6,15-16H,(H,19,20)/p-1. The van der Waals surface area contributed by atoms with Crippen molar-refractivity contribution in [2.24, 2.45) is 0 Å². The highest BCUT2D eigenvalue weighted by atomic mass is 32.2. The van der Waals surface area contributed by atoms with Crippen LogP contribution >= 0.6 is 0 Å². The SMILES string of the molecule is O=C1c2cccc(NS(=O)[O-])c2C(=O)c2cccc(O)c21. The fraction of sp³-hybridized carbons (Fsp3) is 0. The Morgan fingerprint density at radius 1 is 0.952 bits per heavy atom. The first kappa shape index (κ1) is 13.5. The number of hydrogen-bond donors (Lipinski definition) is 2. The number of nitrogens with one attached hydrogen (secondary N) is 1. The molecule has 2 N–H and O–H groups in total. The Kier molecular flexibility index (Phi) is 3.08. The van der Waals surface area contributed by atoms with E-state index in [0.717, 1.165) is 0 Å². The van der Waals surface area contributed by atoms with Gasteiger partial charge in [-0.25, -0.2) is 0 Å². The topological polar surface area (TPSA) is 107 Å². The van der Waals surface area contributed by atoms with Gasteiger partial charge in [-0.1, -0.05) is 24.3 Å². The molecule has 21 heavy (non-hydrogen) atoms. The van der Waals surface area contributed by atoms with Crippen LogP contribution in [-0.2, 0) is 11.3 Å². The summed E-state index contributed by atoms with van der Waals surface area (Å²) in [6.07, 6.45) is 0. The fourth-order valence-electron chi connectivity index (χ4n) is 2.40. The Morgan fingerprint density at radius 2 is 1.52 bits per heavy atom. The van der Waals surface area contributed by atoms with E-state index in [4.69, 9.17) is 0 Å². The maximum Gasteiger partial charge on any atom is 0.198 e. The summed E-state index contributed by atoms with van der Waals surface area (Å²) < 4.78 is 23.7. The van der Waals surface area contributed by atoms with Crippen LogP contribution in [-0.4, -0.2) is 25.4 Å². The molecule has 2 aromatic carbocycles. The number of anilines is 1. The molecule has 7 heteroatoms. The van der Waals surface area contributed by atoms with Gasteiger partial charge >= 0.3 is 0 Å². The molecule has 1 atom stereocenters. The van der Waals surface area contributed by atoms with E-state index in [-0.39, 0.29) is 33.7 Å². The zero-order valence-electron chi connectivity index (χ0n) is 10.5. The predicted molar refractivity (Wildman–Crippen MR) is 74.0 cm³/mol. The van der Waals surface area contributed by atoms with E-state index < -0.39 is 22.8 Å². The molecule has 0 aliphatic heterocycles. The maximum absolute atomic E-state index is 12.5. The molecule has 0 spiro atoms. The molecular formula is C14H8NO5S-. The number of ketones is 2. The highest BCUT2D eigenvalue weighted by molar-refractivity contribution is 7.80. The van der Waals surface area contributed by atoms with Gasteiger partial charge in [0.1, 0.15) is 5.75 Å². The number of carbonyl (C=O) groups is 2. The molecule has 6 nitrogen and oxygen atoms in total. The average molecular weight is 302 g/mol. The third kappa shape index (κ3) is 2.03. The van der Waals surface area contributed by atoms with Crippen molar-refractivity contribution in [2.75, 3.05) is 4.72 Å². The second kappa shape index (κ2) is 4.80. The fourth-order valence-corrected chi connectivity index (χ4v) is 2.75. The van der Waals surface area contributed by atoms with Gasteiger partial charge in [-0.2, -0.15) is 0 Å². The second-order valence-corrected chi connectivity index (χ2v) is 5.10. The molecule has 1 aliphatic carbocycles. The minimum atomic E-state index is -2.62. The van der Waals surface area contributed by atoms with Crippen LogP contribution in [0.2, 0.25) is 0 Å². The summed E-state index contributed by atoms with van der Waals surface area (Å²) in [6, 6.07) is 8.47. The van der Waals surface area contributed by atoms with Gasteiger partial charge in [-0.05, 0) is 12.1 Å². The van der Waals surface area contributed by atoms with Crippen LogP contribution in [0.3, 0.4) is 0 Å². The third-order valence-electron chi connectivity index (χ3n) is 3.24. The van der Waals surface area contributed by atoms with E-state index in [1.54, 1.807) is 0 Å². The third-order valence-corrected chi connectivity index (χ3v) is 3.63. The summed E-state index contributed by atoms with van der Waals surface area (Å²) in [7, 11) is 0. The zero-order valence-corrected chi connectivity index (χ0v) is 11.3. The normalized spacial score (nSPS) is 14.3. The van der Waals surface area contributed by atoms with Crippen LogP contribution in [0.25, 0.3) is 0 Å². The molecule has 0 aromatic heterocycles. The molecular weight excluding hydrogens is 294 g/mol. The Morgan fingerprint density at radius 3 is 2.19 bits per heavy atom. The van der Waals surface area contributed by atoms with Gasteiger partial charge in [-0.3, -0.25) is 13.8 Å². The Hall–Kier alpha value is -2.51. The smallest absolute Gasteiger partial charge is 0.198 e. The van der Waals surface area contributed by atoms with E-state index >= 15 is 0 Å². The number of rotatable bonds is 2. The molecule has 0 fully saturated rings. The summed E-state index contributed by atoms with van der Waals surface area (Å²) in [5, 5.41) is 9.80. The maximum atomic E-state index is 12.5. The van der Waals surface area contributed by atoms with Crippen molar-refractivity contribution >= 4 is 28.5 Å². The summed E-state index contributed by atoms with van der Waals surface area (Å²) in [4.78, 5) is 24.9. The molecule has 0 saturated heterocycles. The molecule has 0 amide bonds. The molecule has 0 bridgehead atoms. The van der Waals surface area contributed by atoms with Gasteiger partial charge in [0.05, 0.1) is 16.8 Å². The van der Waals surface area contributed by atoms with Crippen LogP contribution in [0, 0.1) is 0 Å². The van der Waals surface area contributed by atoms with Crippen molar-refractivity contribution in [3.63, 3.8) is 0 Å². The lowest BCUT2D eigenvalue weighted by Crippen LogP contribution is -2.23. The number of aromatic hydroxyl groups is 1. The van der Waals surface area contributed by atoms with E-state index in [2.05, 4.69) is 4.72 Å². The van der Waals surface area contributed by atoms with Crippen LogP contribution in [0.1, 0.15) is 31.8 Å². The molecule has 106 valence electrons. The first-order valence-electron chi connectivity index (χ1n) is 5.91. The van der Waals surface area contributed by atoms with Gasteiger partial charge in [0, 0.05) is 22.4 Å². The number of phenols is 1. The minimum Gasteiger partial charge on any atom is -0.755 e. The monoisotopic (exact) mass is 302 g/mol. The Bertz CT molecular complexity index is 815. The summed E-state index contributed by atoms with van der Waals surface area (Å²) in [6.45, 7) is 0. The first-order valence-corrected chi connectivity index (χ1v) is 6.98. The van der Waals surface area contributed by atoms with E-state index in [1.165, 1.54) is 36.4 Å². The second-order valence-electron chi connectivity index (χ2n) is 4.42. The quantitative estimate of drug-likeness (QED) is 0.695. The molecule has 0 radical (unpaired) electrons. The highest BCUT2D eigenvalue weighted by Crippen LogP contribution is 2.35. The van der Waals surface area contributed by atoms with Crippen molar-refractivity contribution in [1.29, 1.82) is 0 Å². The molecule has 3 rings (SSSR count). The largest absolute Gasteiger partial charge is 0.755 e. The summed E-state index contributed by atoms with van der Waals surface area (Å²) in [5.41, 5.74) is 0.0799. The van der Waals surface area contributed by atoms with Crippen molar-refractivity contribution < 1.29 is 23.5 Å². The van der Waals surface area contributed by atoms with Crippen molar-refractivity contribution in [3.05, 3.63) is 58.7 Å². The van der Waals surface area contributed by atoms with E-state index in [0.29, 0.717) is 0 Å². The lowest BCUT2D eigenvalue weighted by molar-refractivity contribution is 0.0977. The molecule has 0 heterocycles. The first-order chi connectivity index (χ1) is 10.0. The van der Waals surface area contributed by atoms with Gasteiger partial charge < -0.3 is 14.4 Å². The van der Waals surface area contributed by atoms with Crippen LogP contribution in [0.4, 0.5) is 5.69 Å². The van der Waals surface area contributed by atoms with Crippen LogP contribution in [0.5, 0.6) is 5.75 Å². The summed E-state index contributed by atoms with van der Waals surface area (Å²) >= 11 is -2.62. The lowest BCUT2D eigenvalue weighted by atomic mass is 9.83. The van der Waals surface area contributed by atoms with E-state index in [9.17, 15) is 23.5 Å². The lowest BCUT2D eigenvalue weighted by Gasteiger charge is -2.21. The number of phenolic OH excluding ortho intramolecular Hbond substituents is 1. The number of carbonyl (C=O) groups excluding carboxylic acids is 2. The number of benzene rings is 2. The van der Waals surface area contributed by atoms with Crippen molar-refractivity contribution in [2.45, 2.75) is 0 Å². The van der Waals surface area contributed by atoms with Crippen molar-refractivity contribution in [3.8, 4) is 5.75 Å². The van der Waals surface area contributed by atoms with Crippen LogP contribution < -0.4 is 4.72 Å². The minimum absolute atomic E-state index is 0.00944. The molecule has 1 unspecified atom stereocenters. The van der Waals surface area contributed by atoms with Gasteiger partial charge in [0.25, 0.3) is 0 Å².